The Labute approximate surface area is 61.9 Å². The van der Waals surface area contributed by atoms with Gasteiger partial charge in [-0.3, -0.25) is 0 Å². The molecule has 10 heavy (non-hydrogen) atoms. The molecule has 0 aromatic carbocycles. The number of aliphatic hydroxyl groups is 2. The standard InChI is InChI=1S/C8H16O2/c1-5-4-6(9)7(10)8(5,2)3/h5-7,9-10H,4H2,1-3H3. The highest BCUT2D eigenvalue weighted by Gasteiger charge is 2.45. The molecule has 0 heterocycles. The SMILES string of the molecule is CC1CC(O)C(O)C1(C)C. The van der Waals surface area contributed by atoms with E-state index in [1.54, 1.807) is 0 Å². The lowest BCUT2D eigenvalue weighted by molar-refractivity contribution is -0.0122. The van der Waals surface area contributed by atoms with Crippen LogP contribution in [-0.2, 0) is 0 Å². The fraction of sp³-hybridized carbons (Fsp3) is 1.00. The average molecular weight is 144 g/mol. The second-order valence-electron chi connectivity index (χ2n) is 3.97. The van der Waals surface area contributed by atoms with Crippen LogP contribution in [0.5, 0.6) is 0 Å². The Morgan fingerprint density at radius 1 is 1.30 bits per heavy atom. The topological polar surface area (TPSA) is 40.5 Å². The van der Waals surface area contributed by atoms with Gasteiger partial charge in [-0.15, -0.1) is 0 Å². The number of hydrogen-bond donors (Lipinski definition) is 2. The summed E-state index contributed by atoms with van der Waals surface area (Å²) in [6.07, 6.45) is -0.318. The minimum atomic E-state index is -0.539. The first-order valence-corrected chi connectivity index (χ1v) is 3.82. The molecule has 3 unspecified atom stereocenters. The third-order valence-electron chi connectivity index (χ3n) is 2.99. The van der Waals surface area contributed by atoms with Crippen LogP contribution in [0.25, 0.3) is 0 Å². The van der Waals surface area contributed by atoms with Gasteiger partial charge in [0, 0.05) is 0 Å². The number of aliphatic hydroxyl groups excluding tert-OH is 2. The van der Waals surface area contributed by atoms with Gasteiger partial charge in [-0.2, -0.15) is 0 Å². The van der Waals surface area contributed by atoms with Crippen LogP contribution in [-0.4, -0.2) is 22.4 Å². The van der Waals surface area contributed by atoms with Crippen molar-refractivity contribution in [2.24, 2.45) is 11.3 Å². The van der Waals surface area contributed by atoms with Crippen molar-refractivity contribution in [3.05, 3.63) is 0 Å². The first-order chi connectivity index (χ1) is 4.46. The van der Waals surface area contributed by atoms with E-state index in [4.69, 9.17) is 0 Å². The molecule has 0 saturated heterocycles. The van der Waals surface area contributed by atoms with Gasteiger partial charge in [0.05, 0.1) is 12.2 Å². The van der Waals surface area contributed by atoms with Gasteiger partial charge in [-0.25, -0.2) is 0 Å². The van der Waals surface area contributed by atoms with Crippen LogP contribution in [0, 0.1) is 11.3 Å². The van der Waals surface area contributed by atoms with E-state index in [0.29, 0.717) is 5.92 Å². The molecule has 1 aliphatic carbocycles. The molecule has 1 saturated carbocycles. The molecule has 2 nitrogen and oxygen atoms in total. The zero-order chi connectivity index (χ0) is 7.94. The first-order valence-electron chi connectivity index (χ1n) is 3.82. The Kier molecular flexibility index (Phi) is 1.77. The molecule has 0 aromatic heterocycles. The molecule has 3 atom stereocenters. The van der Waals surface area contributed by atoms with Crippen molar-refractivity contribution in [3.8, 4) is 0 Å². The summed E-state index contributed by atoms with van der Waals surface area (Å²) in [5.41, 5.74) is -0.112. The van der Waals surface area contributed by atoms with Crippen molar-refractivity contribution in [1.82, 2.24) is 0 Å². The van der Waals surface area contributed by atoms with E-state index in [1.807, 2.05) is 13.8 Å². The third-order valence-corrected chi connectivity index (χ3v) is 2.99. The van der Waals surface area contributed by atoms with E-state index < -0.39 is 12.2 Å². The predicted molar refractivity (Wildman–Crippen MR) is 39.6 cm³/mol. The van der Waals surface area contributed by atoms with Crippen LogP contribution in [0.1, 0.15) is 27.2 Å². The van der Waals surface area contributed by atoms with Crippen LogP contribution >= 0.6 is 0 Å². The van der Waals surface area contributed by atoms with Gasteiger partial charge in [0.15, 0.2) is 0 Å². The molecule has 0 spiro atoms. The summed E-state index contributed by atoms with van der Waals surface area (Å²) in [5, 5.41) is 18.7. The minimum Gasteiger partial charge on any atom is -0.390 e. The molecule has 0 radical (unpaired) electrons. The van der Waals surface area contributed by atoms with Gasteiger partial charge >= 0.3 is 0 Å². The summed E-state index contributed by atoms with van der Waals surface area (Å²) in [6.45, 7) is 6.07. The Hall–Kier alpha value is -0.0800. The van der Waals surface area contributed by atoms with E-state index in [9.17, 15) is 10.2 Å². The maximum Gasteiger partial charge on any atom is 0.0852 e. The average Bonchev–Trinajstić information content (AvgIpc) is 1.97. The second-order valence-corrected chi connectivity index (χ2v) is 3.97. The Bertz CT molecular complexity index is 131. The van der Waals surface area contributed by atoms with Crippen molar-refractivity contribution >= 4 is 0 Å². The van der Waals surface area contributed by atoms with Crippen LogP contribution in [0.3, 0.4) is 0 Å². The van der Waals surface area contributed by atoms with E-state index in [1.165, 1.54) is 0 Å². The molecule has 1 fully saturated rings. The molecular formula is C8H16O2. The lowest BCUT2D eigenvalue weighted by Crippen LogP contribution is -2.32. The summed E-state index contributed by atoms with van der Waals surface area (Å²) >= 11 is 0. The third kappa shape index (κ3) is 0.956. The summed E-state index contributed by atoms with van der Waals surface area (Å²) < 4.78 is 0. The normalized spacial score (nSPS) is 45.9. The largest absolute Gasteiger partial charge is 0.390 e. The van der Waals surface area contributed by atoms with Crippen molar-refractivity contribution in [3.63, 3.8) is 0 Å². The van der Waals surface area contributed by atoms with Crippen molar-refractivity contribution in [1.29, 1.82) is 0 Å². The van der Waals surface area contributed by atoms with Crippen LogP contribution in [0.15, 0.2) is 0 Å². The fourth-order valence-corrected chi connectivity index (χ4v) is 1.58. The summed E-state index contributed by atoms with van der Waals surface area (Å²) in [4.78, 5) is 0. The Morgan fingerprint density at radius 3 is 1.90 bits per heavy atom. The zero-order valence-corrected chi connectivity index (χ0v) is 6.83. The Balaban J connectivity index is 2.75. The van der Waals surface area contributed by atoms with Crippen molar-refractivity contribution < 1.29 is 10.2 Å². The predicted octanol–water partition coefficient (Wildman–Crippen LogP) is 0.774. The molecular weight excluding hydrogens is 128 g/mol. The van der Waals surface area contributed by atoms with Crippen LogP contribution in [0.4, 0.5) is 0 Å². The maximum absolute atomic E-state index is 9.45. The van der Waals surface area contributed by atoms with Gasteiger partial charge in [0.25, 0.3) is 0 Å². The van der Waals surface area contributed by atoms with E-state index in [-0.39, 0.29) is 5.41 Å². The second kappa shape index (κ2) is 2.21. The molecule has 2 heteroatoms. The lowest BCUT2D eigenvalue weighted by atomic mass is 9.81. The van der Waals surface area contributed by atoms with E-state index in [0.717, 1.165) is 6.42 Å². The molecule has 60 valence electrons. The van der Waals surface area contributed by atoms with Crippen LogP contribution in [0.2, 0.25) is 0 Å². The quantitative estimate of drug-likeness (QED) is 0.527. The van der Waals surface area contributed by atoms with E-state index in [2.05, 4.69) is 6.92 Å². The smallest absolute Gasteiger partial charge is 0.0852 e. The molecule has 0 aromatic rings. The van der Waals surface area contributed by atoms with Crippen molar-refractivity contribution in [2.45, 2.75) is 39.4 Å². The highest BCUT2D eigenvalue weighted by molar-refractivity contribution is 4.95. The van der Waals surface area contributed by atoms with Gasteiger partial charge in [0.2, 0.25) is 0 Å². The maximum atomic E-state index is 9.45. The number of rotatable bonds is 0. The number of hydrogen-bond acceptors (Lipinski definition) is 2. The van der Waals surface area contributed by atoms with Gasteiger partial charge in [-0.1, -0.05) is 20.8 Å². The molecule has 1 aliphatic rings. The van der Waals surface area contributed by atoms with Gasteiger partial charge in [0.1, 0.15) is 0 Å². The molecule has 1 rings (SSSR count). The highest BCUT2D eigenvalue weighted by atomic mass is 16.3. The zero-order valence-electron chi connectivity index (χ0n) is 6.83. The molecule has 2 N–H and O–H groups in total. The first kappa shape index (κ1) is 8.02. The highest BCUT2D eigenvalue weighted by Crippen LogP contribution is 2.42. The summed E-state index contributed by atoms with van der Waals surface area (Å²) in [7, 11) is 0. The lowest BCUT2D eigenvalue weighted by Gasteiger charge is -2.27. The fourth-order valence-electron chi connectivity index (χ4n) is 1.58. The monoisotopic (exact) mass is 144 g/mol. The Morgan fingerprint density at radius 2 is 1.80 bits per heavy atom. The van der Waals surface area contributed by atoms with Crippen LogP contribution < -0.4 is 0 Å². The summed E-state index contributed by atoms with van der Waals surface area (Å²) in [6, 6.07) is 0. The van der Waals surface area contributed by atoms with Crippen molar-refractivity contribution in [2.75, 3.05) is 0 Å². The molecule has 0 amide bonds. The molecule has 0 bridgehead atoms. The van der Waals surface area contributed by atoms with Gasteiger partial charge in [-0.05, 0) is 17.8 Å². The van der Waals surface area contributed by atoms with Gasteiger partial charge < -0.3 is 10.2 Å². The summed E-state index contributed by atoms with van der Waals surface area (Å²) in [5.74, 6) is 0.414. The minimum absolute atomic E-state index is 0.112. The van der Waals surface area contributed by atoms with E-state index >= 15 is 0 Å². The molecule has 0 aliphatic heterocycles.